The van der Waals surface area contributed by atoms with Crippen molar-refractivity contribution < 1.29 is 19.4 Å². The van der Waals surface area contributed by atoms with Crippen LogP contribution in [0.2, 0.25) is 0 Å². The molecule has 6 heteroatoms. The average Bonchev–Trinajstić information content (AvgIpc) is 3.24. The van der Waals surface area contributed by atoms with Crippen LogP contribution in [0.3, 0.4) is 0 Å². The van der Waals surface area contributed by atoms with E-state index in [2.05, 4.69) is 10.6 Å². The minimum absolute atomic E-state index is 0.163. The van der Waals surface area contributed by atoms with E-state index in [9.17, 15) is 14.7 Å². The highest BCUT2D eigenvalue weighted by Crippen LogP contribution is 2.48. The standard InChI is InChI=1S/C15H26N2O4/c1-21-10-9-14(7-8-14)11-16-13(20)17-15(12(18)19)5-3-2-4-6-15/h2-11H2,1H3,(H,18,19)(H2,16,17,20). The minimum Gasteiger partial charge on any atom is -0.480 e. The van der Waals surface area contributed by atoms with Crippen LogP contribution < -0.4 is 10.6 Å². The second-order valence-corrected chi connectivity index (χ2v) is 6.50. The van der Waals surface area contributed by atoms with Gasteiger partial charge in [0.1, 0.15) is 5.54 Å². The SMILES string of the molecule is COCCC1(CNC(=O)NC2(C(=O)O)CCCCC2)CC1. The van der Waals surface area contributed by atoms with E-state index >= 15 is 0 Å². The third kappa shape index (κ3) is 4.09. The van der Waals surface area contributed by atoms with E-state index in [1.54, 1.807) is 7.11 Å². The monoisotopic (exact) mass is 298 g/mol. The molecule has 0 aliphatic heterocycles. The fourth-order valence-electron chi connectivity index (χ4n) is 3.09. The van der Waals surface area contributed by atoms with Crippen molar-refractivity contribution in [3.8, 4) is 0 Å². The van der Waals surface area contributed by atoms with Crippen molar-refractivity contribution >= 4 is 12.0 Å². The molecule has 3 N–H and O–H groups in total. The maximum Gasteiger partial charge on any atom is 0.329 e. The molecule has 0 radical (unpaired) electrons. The first-order chi connectivity index (χ1) is 10.0. The Hall–Kier alpha value is -1.30. The van der Waals surface area contributed by atoms with Crippen LogP contribution in [0.25, 0.3) is 0 Å². The van der Waals surface area contributed by atoms with Crippen LogP contribution in [0.4, 0.5) is 4.79 Å². The summed E-state index contributed by atoms with van der Waals surface area (Å²) >= 11 is 0. The predicted octanol–water partition coefficient (Wildman–Crippen LogP) is 1.89. The molecular weight excluding hydrogens is 272 g/mol. The van der Waals surface area contributed by atoms with Gasteiger partial charge in [0.2, 0.25) is 0 Å². The molecule has 0 bridgehead atoms. The Balaban J connectivity index is 1.81. The molecule has 21 heavy (non-hydrogen) atoms. The Morgan fingerprint density at radius 2 is 1.81 bits per heavy atom. The molecule has 2 amide bonds. The summed E-state index contributed by atoms with van der Waals surface area (Å²) in [7, 11) is 1.68. The lowest BCUT2D eigenvalue weighted by Crippen LogP contribution is -2.58. The summed E-state index contributed by atoms with van der Waals surface area (Å²) in [6.45, 7) is 1.29. The van der Waals surface area contributed by atoms with E-state index in [1.165, 1.54) is 0 Å². The van der Waals surface area contributed by atoms with Gasteiger partial charge in [-0.2, -0.15) is 0 Å². The van der Waals surface area contributed by atoms with Crippen molar-refractivity contribution in [2.45, 2.75) is 56.9 Å². The normalized spacial score (nSPS) is 22.3. The number of methoxy groups -OCH3 is 1. The number of urea groups is 1. The van der Waals surface area contributed by atoms with Gasteiger partial charge >= 0.3 is 12.0 Å². The zero-order chi connectivity index (χ0) is 15.3. The van der Waals surface area contributed by atoms with Crippen molar-refractivity contribution in [2.24, 2.45) is 5.41 Å². The van der Waals surface area contributed by atoms with Crippen molar-refractivity contribution in [1.29, 1.82) is 0 Å². The van der Waals surface area contributed by atoms with Gasteiger partial charge in [0.25, 0.3) is 0 Å². The number of aliphatic carboxylic acids is 1. The van der Waals surface area contributed by atoms with Crippen LogP contribution in [0.5, 0.6) is 0 Å². The Kier molecular flexibility index (Phi) is 5.08. The molecule has 2 fully saturated rings. The Morgan fingerprint density at radius 3 is 2.33 bits per heavy atom. The summed E-state index contributed by atoms with van der Waals surface area (Å²) in [5, 5.41) is 15.0. The molecule has 2 rings (SSSR count). The highest BCUT2D eigenvalue weighted by molar-refractivity contribution is 5.86. The molecule has 0 heterocycles. The second kappa shape index (κ2) is 6.64. The quantitative estimate of drug-likeness (QED) is 0.670. The van der Waals surface area contributed by atoms with E-state index in [1.807, 2.05) is 0 Å². The fraction of sp³-hybridized carbons (Fsp3) is 0.867. The van der Waals surface area contributed by atoms with E-state index in [0.29, 0.717) is 26.0 Å². The number of carboxylic acids is 1. The van der Waals surface area contributed by atoms with Gasteiger partial charge in [-0.05, 0) is 37.5 Å². The third-order valence-electron chi connectivity index (χ3n) is 4.89. The van der Waals surface area contributed by atoms with Crippen LogP contribution in [0.15, 0.2) is 0 Å². The van der Waals surface area contributed by atoms with Crippen molar-refractivity contribution in [1.82, 2.24) is 10.6 Å². The van der Waals surface area contributed by atoms with Crippen LogP contribution in [0.1, 0.15) is 51.4 Å². The van der Waals surface area contributed by atoms with Crippen molar-refractivity contribution in [2.75, 3.05) is 20.3 Å². The van der Waals surface area contributed by atoms with Gasteiger partial charge in [-0.25, -0.2) is 9.59 Å². The van der Waals surface area contributed by atoms with Gasteiger partial charge in [0.15, 0.2) is 0 Å². The zero-order valence-electron chi connectivity index (χ0n) is 12.7. The molecule has 0 atom stereocenters. The molecule has 0 aromatic rings. The molecule has 2 aliphatic rings. The molecular formula is C15H26N2O4. The summed E-state index contributed by atoms with van der Waals surface area (Å²) < 4.78 is 5.09. The van der Waals surface area contributed by atoms with Gasteiger partial charge in [-0.15, -0.1) is 0 Å². The summed E-state index contributed by atoms with van der Waals surface area (Å²) in [6.07, 6.45) is 6.91. The number of carbonyl (C=O) groups is 2. The van der Waals surface area contributed by atoms with E-state index < -0.39 is 11.5 Å². The molecule has 120 valence electrons. The second-order valence-electron chi connectivity index (χ2n) is 6.50. The van der Waals surface area contributed by atoms with Gasteiger partial charge in [-0.1, -0.05) is 19.3 Å². The van der Waals surface area contributed by atoms with Crippen LogP contribution >= 0.6 is 0 Å². The lowest BCUT2D eigenvalue weighted by Gasteiger charge is -2.34. The minimum atomic E-state index is -1.08. The van der Waals surface area contributed by atoms with Crippen LogP contribution in [-0.2, 0) is 9.53 Å². The van der Waals surface area contributed by atoms with E-state index in [0.717, 1.165) is 38.5 Å². The maximum absolute atomic E-state index is 12.1. The van der Waals surface area contributed by atoms with E-state index in [-0.39, 0.29) is 11.4 Å². The van der Waals surface area contributed by atoms with E-state index in [4.69, 9.17) is 4.74 Å². The smallest absolute Gasteiger partial charge is 0.329 e. The molecule has 0 saturated heterocycles. The summed E-state index contributed by atoms with van der Waals surface area (Å²) in [5.74, 6) is -0.919. The lowest BCUT2D eigenvalue weighted by molar-refractivity contribution is -0.145. The molecule has 0 aromatic heterocycles. The predicted molar refractivity (Wildman–Crippen MR) is 78.1 cm³/mol. The van der Waals surface area contributed by atoms with Crippen molar-refractivity contribution in [3.05, 3.63) is 0 Å². The first kappa shape index (κ1) is 16.1. The van der Waals surface area contributed by atoms with Crippen molar-refractivity contribution in [3.63, 3.8) is 0 Å². The number of carboxylic acid groups (broad SMARTS) is 1. The zero-order valence-corrected chi connectivity index (χ0v) is 12.7. The lowest BCUT2D eigenvalue weighted by atomic mass is 9.82. The summed E-state index contributed by atoms with van der Waals surface area (Å²) in [5.41, 5.74) is -0.915. The molecule has 0 spiro atoms. The van der Waals surface area contributed by atoms with Gasteiger partial charge in [0, 0.05) is 20.3 Å². The molecule has 6 nitrogen and oxygen atoms in total. The summed E-state index contributed by atoms with van der Waals surface area (Å²) in [4.78, 5) is 23.6. The number of hydrogen-bond acceptors (Lipinski definition) is 3. The third-order valence-corrected chi connectivity index (χ3v) is 4.89. The van der Waals surface area contributed by atoms with Gasteiger partial charge in [-0.3, -0.25) is 0 Å². The number of hydrogen-bond donors (Lipinski definition) is 3. The first-order valence-electron chi connectivity index (χ1n) is 7.80. The average molecular weight is 298 g/mol. The first-order valence-corrected chi connectivity index (χ1v) is 7.80. The Bertz CT molecular complexity index is 387. The highest BCUT2D eigenvalue weighted by atomic mass is 16.5. The Morgan fingerprint density at radius 1 is 1.14 bits per heavy atom. The van der Waals surface area contributed by atoms with Gasteiger partial charge in [0.05, 0.1) is 0 Å². The maximum atomic E-state index is 12.1. The Labute approximate surface area is 125 Å². The topological polar surface area (TPSA) is 87.7 Å². The number of carbonyl (C=O) groups excluding carboxylic acids is 1. The van der Waals surface area contributed by atoms with Crippen LogP contribution in [0, 0.1) is 5.41 Å². The number of rotatable bonds is 7. The number of amides is 2. The molecule has 0 unspecified atom stereocenters. The summed E-state index contributed by atoms with van der Waals surface area (Å²) in [6, 6.07) is -0.358. The highest BCUT2D eigenvalue weighted by Gasteiger charge is 2.44. The molecule has 2 aliphatic carbocycles. The largest absolute Gasteiger partial charge is 0.480 e. The fourth-order valence-corrected chi connectivity index (χ4v) is 3.09. The molecule has 2 saturated carbocycles. The molecule has 0 aromatic carbocycles. The number of ether oxygens (including phenoxy) is 1. The number of nitrogens with one attached hydrogen (secondary N) is 2. The van der Waals surface area contributed by atoms with Crippen LogP contribution in [-0.4, -0.2) is 42.9 Å². The van der Waals surface area contributed by atoms with Gasteiger partial charge < -0.3 is 20.5 Å².